The van der Waals surface area contributed by atoms with Gasteiger partial charge in [0.05, 0.1) is 12.8 Å². The van der Waals surface area contributed by atoms with Gasteiger partial charge < -0.3 is 9.47 Å². The van der Waals surface area contributed by atoms with Crippen molar-refractivity contribution in [2.24, 2.45) is 5.10 Å². The minimum Gasteiger partial charge on any atom is -0.497 e. The van der Waals surface area contributed by atoms with Crippen LogP contribution < -0.4 is 19.4 Å². The fourth-order valence-electron chi connectivity index (χ4n) is 4.26. The molecule has 0 fully saturated rings. The predicted octanol–water partition coefficient (Wildman–Crippen LogP) is 6.86. The van der Waals surface area contributed by atoms with Gasteiger partial charge in [-0.1, -0.05) is 54.1 Å². The number of hydrazone groups is 1. The molecule has 0 radical (unpaired) electrons. The molecule has 0 saturated carbocycles. The van der Waals surface area contributed by atoms with Crippen molar-refractivity contribution in [3.05, 3.63) is 119 Å². The highest BCUT2D eigenvalue weighted by atomic mass is 35.5. The number of hydrogen-bond donors (Lipinski definition) is 0. The molecule has 1 aliphatic heterocycles. The van der Waals surface area contributed by atoms with Crippen molar-refractivity contribution in [2.75, 3.05) is 17.0 Å². The molecule has 0 aliphatic carbocycles. The zero-order valence-corrected chi connectivity index (χ0v) is 21.3. The normalized spacial score (nSPS) is 14.9. The van der Waals surface area contributed by atoms with Crippen LogP contribution in [0, 0.1) is 0 Å². The second kappa shape index (κ2) is 10.8. The van der Waals surface area contributed by atoms with E-state index in [0.717, 1.165) is 28.3 Å². The van der Waals surface area contributed by atoms with E-state index in [4.69, 9.17) is 26.2 Å². The molecule has 0 aromatic heterocycles. The third kappa shape index (κ3) is 5.29. The van der Waals surface area contributed by atoms with Gasteiger partial charge in [-0.3, -0.25) is 9.69 Å². The zero-order valence-electron chi connectivity index (χ0n) is 20.5. The van der Waals surface area contributed by atoms with Gasteiger partial charge in [-0.2, -0.15) is 0 Å². The Morgan fingerprint density at radius 3 is 2.27 bits per heavy atom. The van der Waals surface area contributed by atoms with Gasteiger partial charge in [0, 0.05) is 23.2 Å². The van der Waals surface area contributed by atoms with Crippen LogP contribution in [0.3, 0.4) is 0 Å². The van der Waals surface area contributed by atoms with E-state index in [0.29, 0.717) is 23.2 Å². The number of ether oxygens (including phenoxy) is 2. The average Bonchev–Trinajstić information content (AvgIpc) is 3.35. The van der Waals surface area contributed by atoms with Crippen molar-refractivity contribution in [1.82, 2.24) is 0 Å². The standard InChI is InChI=1S/C30H26ClN3O3/c1-21(35)29-32-34(26-8-4-3-5-9-26)30(33(29)25-15-17-27(36-2)18-16-25)23-7-6-10-28(19-23)37-20-22-11-13-24(31)14-12-22/h3-19,30H,20H2,1-2H3/t30-/m1/s1. The summed E-state index contributed by atoms with van der Waals surface area (Å²) in [6, 6.07) is 32.9. The highest BCUT2D eigenvalue weighted by molar-refractivity contribution is 6.44. The molecule has 0 spiro atoms. The van der Waals surface area contributed by atoms with Crippen LogP contribution in [0.1, 0.15) is 24.2 Å². The maximum absolute atomic E-state index is 12.8. The number of anilines is 2. The summed E-state index contributed by atoms with van der Waals surface area (Å²) in [6.07, 6.45) is -0.409. The zero-order chi connectivity index (χ0) is 25.8. The van der Waals surface area contributed by atoms with E-state index in [2.05, 4.69) is 0 Å². The van der Waals surface area contributed by atoms with Crippen molar-refractivity contribution < 1.29 is 14.3 Å². The maximum Gasteiger partial charge on any atom is 0.198 e. The second-order valence-corrected chi connectivity index (χ2v) is 9.03. The smallest absolute Gasteiger partial charge is 0.198 e. The highest BCUT2D eigenvalue weighted by Gasteiger charge is 2.39. The Hall–Kier alpha value is -4.29. The molecule has 6 nitrogen and oxygen atoms in total. The van der Waals surface area contributed by atoms with E-state index in [9.17, 15) is 4.79 Å². The number of halogens is 1. The Labute approximate surface area is 221 Å². The van der Waals surface area contributed by atoms with E-state index in [1.54, 1.807) is 7.11 Å². The van der Waals surface area contributed by atoms with Crippen molar-refractivity contribution >= 4 is 34.6 Å². The molecule has 1 aliphatic rings. The lowest BCUT2D eigenvalue weighted by Gasteiger charge is -2.32. The van der Waals surface area contributed by atoms with Crippen molar-refractivity contribution in [2.45, 2.75) is 19.7 Å². The van der Waals surface area contributed by atoms with Gasteiger partial charge in [0.15, 0.2) is 17.8 Å². The van der Waals surface area contributed by atoms with Gasteiger partial charge in [0.25, 0.3) is 0 Å². The lowest BCUT2D eigenvalue weighted by atomic mass is 10.1. The van der Waals surface area contributed by atoms with Crippen LogP contribution in [-0.4, -0.2) is 18.7 Å². The van der Waals surface area contributed by atoms with Crippen LogP contribution in [0.5, 0.6) is 11.5 Å². The van der Waals surface area contributed by atoms with Crippen LogP contribution in [-0.2, 0) is 11.4 Å². The lowest BCUT2D eigenvalue weighted by molar-refractivity contribution is -0.111. The number of nitrogens with zero attached hydrogens (tertiary/aromatic N) is 3. The monoisotopic (exact) mass is 511 g/mol. The average molecular weight is 512 g/mol. The number of para-hydroxylation sites is 1. The number of carbonyl (C=O) groups excluding carboxylic acids is 1. The molecule has 0 bridgehead atoms. The molecule has 0 saturated heterocycles. The van der Waals surface area contributed by atoms with Crippen molar-refractivity contribution in [3.63, 3.8) is 0 Å². The SMILES string of the molecule is COc1ccc(N2C(C(C)=O)=NN(c3ccccc3)[C@@H]2c2cccc(OCc3ccc(Cl)cc3)c2)cc1. The first-order valence-corrected chi connectivity index (χ1v) is 12.3. The molecule has 4 aromatic rings. The number of carbonyl (C=O) groups is 1. The first-order chi connectivity index (χ1) is 18.0. The summed E-state index contributed by atoms with van der Waals surface area (Å²) in [5.74, 6) is 1.67. The molecule has 0 unspecified atom stereocenters. The van der Waals surface area contributed by atoms with Crippen molar-refractivity contribution in [3.8, 4) is 11.5 Å². The number of methoxy groups -OCH3 is 1. The summed E-state index contributed by atoms with van der Waals surface area (Å²) in [6.45, 7) is 1.94. The third-order valence-electron chi connectivity index (χ3n) is 6.07. The highest BCUT2D eigenvalue weighted by Crippen LogP contribution is 2.40. The number of amidine groups is 1. The third-order valence-corrected chi connectivity index (χ3v) is 6.32. The van der Waals surface area contributed by atoms with Gasteiger partial charge in [0.2, 0.25) is 0 Å². The summed E-state index contributed by atoms with van der Waals surface area (Å²) in [4.78, 5) is 14.8. The van der Waals surface area contributed by atoms with E-state index in [1.165, 1.54) is 6.92 Å². The van der Waals surface area contributed by atoms with E-state index < -0.39 is 6.17 Å². The maximum atomic E-state index is 12.8. The van der Waals surface area contributed by atoms with Gasteiger partial charge in [0.1, 0.15) is 18.1 Å². The first kappa shape index (κ1) is 24.4. The Bertz CT molecular complexity index is 1410. The van der Waals surface area contributed by atoms with Crippen LogP contribution in [0.4, 0.5) is 11.4 Å². The van der Waals surface area contributed by atoms with E-state index in [-0.39, 0.29) is 5.78 Å². The van der Waals surface area contributed by atoms with Gasteiger partial charge in [-0.05, 0) is 66.2 Å². The number of benzene rings is 4. The minimum atomic E-state index is -0.409. The van der Waals surface area contributed by atoms with Gasteiger partial charge in [-0.25, -0.2) is 5.01 Å². The predicted molar refractivity (Wildman–Crippen MR) is 147 cm³/mol. The van der Waals surface area contributed by atoms with Gasteiger partial charge in [-0.15, -0.1) is 5.10 Å². The molecular weight excluding hydrogens is 486 g/mol. The van der Waals surface area contributed by atoms with Crippen molar-refractivity contribution in [1.29, 1.82) is 0 Å². The molecule has 0 amide bonds. The number of Topliss-reactive ketones (excluding diaryl/α,β-unsaturated/α-hetero) is 1. The first-order valence-electron chi connectivity index (χ1n) is 11.9. The Morgan fingerprint density at radius 2 is 1.59 bits per heavy atom. The molecule has 1 atom stereocenters. The number of ketones is 1. The van der Waals surface area contributed by atoms with Gasteiger partial charge >= 0.3 is 0 Å². The summed E-state index contributed by atoms with van der Waals surface area (Å²) in [5, 5.41) is 7.35. The summed E-state index contributed by atoms with van der Waals surface area (Å²) in [7, 11) is 1.63. The van der Waals surface area contributed by atoms with Crippen LogP contribution in [0.2, 0.25) is 5.02 Å². The summed E-state index contributed by atoms with van der Waals surface area (Å²) >= 11 is 6.01. The summed E-state index contributed by atoms with van der Waals surface area (Å²) in [5.41, 5.74) is 3.64. The number of rotatable bonds is 8. The molecular formula is C30H26ClN3O3. The second-order valence-electron chi connectivity index (χ2n) is 8.59. The van der Waals surface area contributed by atoms with E-state index in [1.807, 2.05) is 113 Å². The summed E-state index contributed by atoms with van der Waals surface area (Å²) < 4.78 is 11.5. The van der Waals surface area contributed by atoms with Crippen LogP contribution >= 0.6 is 11.6 Å². The van der Waals surface area contributed by atoms with E-state index >= 15 is 0 Å². The molecule has 5 rings (SSSR count). The fourth-order valence-corrected chi connectivity index (χ4v) is 4.38. The molecule has 37 heavy (non-hydrogen) atoms. The van der Waals surface area contributed by atoms with Crippen LogP contribution in [0.15, 0.2) is 108 Å². The molecule has 7 heteroatoms. The molecule has 1 heterocycles. The molecule has 186 valence electrons. The largest absolute Gasteiger partial charge is 0.497 e. The topological polar surface area (TPSA) is 54.4 Å². The Kier molecular flexibility index (Phi) is 7.10. The minimum absolute atomic E-state index is 0.130. The van der Waals surface area contributed by atoms with Crippen LogP contribution in [0.25, 0.3) is 0 Å². The molecule has 4 aromatic carbocycles. The lowest BCUT2D eigenvalue weighted by Crippen LogP contribution is -2.37. The Morgan fingerprint density at radius 1 is 0.865 bits per heavy atom. The fraction of sp³-hybridized carbons (Fsp3) is 0.133. The quantitative estimate of drug-likeness (QED) is 0.259. The number of hydrogen-bond acceptors (Lipinski definition) is 6. The molecule has 0 N–H and O–H groups in total. The Balaban J connectivity index is 1.54.